The summed E-state index contributed by atoms with van der Waals surface area (Å²) in [4.78, 5) is 20.7. The summed E-state index contributed by atoms with van der Waals surface area (Å²) in [6.45, 7) is 0.643. The van der Waals surface area contributed by atoms with E-state index in [-0.39, 0.29) is 25.4 Å². The van der Waals surface area contributed by atoms with Crippen molar-refractivity contribution in [1.82, 2.24) is 9.80 Å². The highest BCUT2D eigenvalue weighted by Crippen LogP contribution is 2.35. The van der Waals surface area contributed by atoms with Crippen molar-refractivity contribution in [1.29, 1.82) is 0 Å². The van der Waals surface area contributed by atoms with Crippen molar-refractivity contribution in [3.05, 3.63) is 0 Å². The highest BCUT2D eigenvalue weighted by atomic mass is 31.2. The molecule has 0 aromatic carbocycles. The van der Waals surface area contributed by atoms with Crippen LogP contribution in [0.5, 0.6) is 0 Å². The van der Waals surface area contributed by atoms with Crippen molar-refractivity contribution in [2.45, 2.75) is 0 Å². The van der Waals surface area contributed by atoms with Gasteiger partial charge in [0.1, 0.15) is 6.29 Å². The Morgan fingerprint density at radius 1 is 0.833 bits per heavy atom. The second kappa shape index (κ2) is 10.2. The summed E-state index contributed by atoms with van der Waals surface area (Å²) in [5, 5.41) is 0. The number of hydrogen-bond donors (Lipinski definition) is 2. The highest BCUT2D eigenvalue weighted by Gasteiger charge is 2.22. The van der Waals surface area contributed by atoms with Gasteiger partial charge in [-0.1, -0.05) is 13.7 Å². The second-order valence-electron chi connectivity index (χ2n) is 3.50. The molecule has 3 unspecified atom stereocenters. The molecule has 0 aromatic heterocycles. The molecule has 0 bridgehead atoms. The smallest absolute Gasteiger partial charge is 0.324 e. The summed E-state index contributed by atoms with van der Waals surface area (Å²) in [6.07, 6.45) is 0.130. The van der Waals surface area contributed by atoms with Crippen LogP contribution in [-0.2, 0) is 18.3 Å². The minimum Gasteiger partial charge on any atom is -0.324 e. The summed E-state index contributed by atoms with van der Waals surface area (Å²) in [5.74, 6) is 0. The summed E-state index contributed by atoms with van der Waals surface area (Å²) in [6, 6.07) is 0. The minimum absolute atomic E-state index is 0.0677. The Balaban J connectivity index is 4.29. The van der Waals surface area contributed by atoms with Gasteiger partial charge in [-0.3, -0.25) is 4.57 Å². The Kier molecular flexibility index (Phi) is 10.4. The van der Waals surface area contributed by atoms with Gasteiger partial charge >= 0.3 is 33.0 Å². The summed E-state index contributed by atoms with van der Waals surface area (Å²) in [5.41, 5.74) is 0. The molecule has 0 radical (unpaired) electrons. The molecule has 8 nitrogen and oxygen atoms in total. The van der Waals surface area contributed by atoms with Gasteiger partial charge in [0, 0.05) is 13.1 Å². The van der Waals surface area contributed by atoms with Crippen molar-refractivity contribution in [2.75, 3.05) is 38.2 Å². The van der Waals surface area contributed by atoms with Crippen LogP contribution in [0.15, 0.2) is 0 Å². The Bertz CT molecular complexity index is 313. The number of nitrogens with zero attached hydrogens (tertiary/aromatic N) is 2. The molecule has 0 aliphatic carbocycles. The molecule has 18 heavy (non-hydrogen) atoms. The average Bonchev–Trinajstić information content (AvgIpc) is 2.24. The van der Waals surface area contributed by atoms with E-state index in [2.05, 4.69) is 0 Å². The third-order valence-corrected chi connectivity index (χ3v) is 4.48. The molecule has 0 aromatic rings. The predicted molar refractivity (Wildman–Crippen MR) is 71.9 cm³/mol. The molecular formula is C6H17N2O6P4+3. The molecule has 0 saturated carbocycles. The third-order valence-electron chi connectivity index (χ3n) is 1.98. The lowest BCUT2D eigenvalue weighted by Gasteiger charge is -2.19. The van der Waals surface area contributed by atoms with Gasteiger partial charge in [0.25, 0.3) is 0 Å². The van der Waals surface area contributed by atoms with Crippen molar-refractivity contribution >= 4 is 33.0 Å². The first kappa shape index (κ1) is 18.4. The summed E-state index contributed by atoms with van der Waals surface area (Å²) in [7, 11) is -5.96. The van der Waals surface area contributed by atoms with E-state index in [9.17, 15) is 18.3 Å². The third kappa shape index (κ3) is 10.3. The highest BCUT2D eigenvalue weighted by molar-refractivity contribution is 7.51. The molecular weight excluding hydrogens is 320 g/mol. The Morgan fingerprint density at radius 3 is 1.61 bits per heavy atom. The van der Waals surface area contributed by atoms with E-state index in [1.54, 1.807) is 4.90 Å². The van der Waals surface area contributed by atoms with E-state index < -0.39 is 39.3 Å². The maximum Gasteiger partial charge on any atom is 0.340 e. The molecule has 0 fully saturated rings. The molecule has 0 saturated heterocycles. The molecule has 0 aliphatic heterocycles. The Hall–Kier alpha value is 0.370. The van der Waals surface area contributed by atoms with Gasteiger partial charge in [0.2, 0.25) is 12.6 Å². The second-order valence-corrected chi connectivity index (χ2v) is 6.93. The zero-order valence-electron chi connectivity index (χ0n) is 9.61. The van der Waals surface area contributed by atoms with Crippen LogP contribution >= 0.6 is 33.0 Å². The molecule has 0 rings (SSSR count). The molecule has 0 heterocycles. The molecule has 3 atom stereocenters. The van der Waals surface area contributed by atoms with Crippen LogP contribution in [0.4, 0.5) is 0 Å². The van der Waals surface area contributed by atoms with Crippen LogP contribution < -0.4 is 0 Å². The lowest BCUT2D eigenvalue weighted by molar-refractivity contribution is 0.263. The van der Waals surface area contributed by atoms with Crippen molar-refractivity contribution in [2.24, 2.45) is 0 Å². The average molecular weight is 337 g/mol. The van der Waals surface area contributed by atoms with Crippen LogP contribution in [0.1, 0.15) is 0 Å². The monoisotopic (exact) mass is 337 g/mol. The van der Waals surface area contributed by atoms with E-state index >= 15 is 0 Å². The lowest BCUT2D eigenvalue weighted by Crippen LogP contribution is -2.34. The standard InChI is InChI=1S/C6H14N2O6P4/c9-15-3-7(4-16-10)1-2-8(5-17-11)6-18(12,13)14/h1-6H2,(H2,12,13,14)/p+3. The van der Waals surface area contributed by atoms with Gasteiger partial charge in [-0.15, -0.1) is 0 Å². The maximum absolute atomic E-state index is 10.9. The van der Waals surface area contributed by atoms with Crippen LogP contribution in [-0.4, -0.2) is 57.8 Å². The van der Waals surface area contributed by atoms with Gasteiger partial charge in [-0.2, -0.15) is 0 Å². The minimum atomic E-state index is -4.19. The fraction of sp³-hybridized carbons (Fsp3) is 1.00. The van der Waals surface area contributed by atoms with E-state index in [0.717, 1.165) is 0 Å². The quantitative estimate of drug-likeness (QED) is 0.529. The zero-order valence-corrected chi connectivity index (χ0v) is 13.5. The number of rotatable bonds is 11. The van der Waals surface area contributed by atoms with Crippen molar-refractivity contribution < 1.29 is 28.0 Å². The molecule has 0 aliphatic rings. The van der Waals surface area contributed by atoms with E-state index in [1.165, 1.54) is 4.90 Å². The van der Waals surface area contributed by atoms with E-state index in [0.29, 0.717) is 6.54 Å². The number of hydrogen-bond acceptors (Lipinski definition) is 6. The van der Waals surface area contributed by atoms with Gasteiger partial charge in [-0.25, -0.2) is 9.80 Å². The van der Waals surface area contributed by atoms with E-state index in [4.69, 9.17) is 9.79 Å². The van der Waals surface area contributed by atoms with Gasteiger partial charge < -0.3 is 9.79 Å². The lowest BCUT2D eigenvalue weighted by atomic mass is 10.5. The fourth-order valence-electron chi connectivity index (χ4n) is 1.23. The molecule has 104 valence electrons. The first-order chi connectivity index (χ1) is 8.42. The molecule has 2 N–H and O–H groups in total. The van der Waals surface area contributed by atoms with E-state index in [1.807, 2.05) is 0 Å². The zero-order chi connectivity index (χ0) is 14.0. The summed E-state index contributed by atoms with van der Waals surface area (Å²) < 4.78 is 42.4. The normalized spacial score (nSPS) is 13.1. The van der Waals surface area contributed by atoms with Gasteiger partial charge in [-0.05, 0) is 0 Å². The van der Waals surface area contributed by atoms with Crippen molar-refractivity contribution in [3.63, 3.8) is 0 Å². The fourth-order valence-corrected chi connectivity index (χ4v) is 3.76. The largest absolute Gasteiger partial charge is 0.340 e. The Labute approximate surface area is 109 Å². The van der Waals surface area contributed by atoms with Crippen molar-refractivity contribution in [3.8, 4) is 0 Å². The Morgan fingerprint density at radius 2 is 1.22 bits per heavy atom. The molecule has 12 heteroatoms. The van der Waals surface area contributed by atoms with Crippen LogP contribution in [0, 0.1) is 0 Å². The molecule has 0 amide bonds. The van der Waals surface area contributed by atoms with Crippen LogP contribution in [0.3, 0.4) is 0 Å². The predicted octanol–water partition coefficient (Wildman–Crippen LogP) is 0.670. The molecule has 0 spiro atoms. The maximum atomic E-state index is 10.9. The SMILES string of the molecule is O=[PH+]CN(CCN(C[PH+]=O)CP(=O)(O)O)C[PH+]=O. The first-order valence-corrected chi connectivity index (χ1v) is 10.1. The topological polar surface area (TPSA) is 115 Å². The van der Waals surface area contributed by atoms with Gasteiger partial charge in [0.15, 0.2) is 6.29 Å². The van der Waals surface area contributed by atoms with Crippen LogP contribution in [0.25, 0.3) is 0 Å². The van der Waals surface area contributed by atoms with Gasteiger partial charge in [0.05, 0.1) is 0 Å². The summed E-state index contributed by atoms with van der Waals surface area (Å²) >= 11 is 0. The van der Waals surface area contributed by atoms with Crippen LogP contribution in [0.2, 0.25) is 0 Å². The first-order valence-electron chi connectivity index (χ1n) is 4.97.